The van der Waals surface area contributed by atoms with Crippen LogP contribution < -0.4 is 5.32 Å². The summed E-state index contributed by atoms with van der Waals surface area (Å²) in [5.41, 5.74) is 3.03. The van der Waals surface area contributed by atoms with Crippen LogP contribution in [-0.4, -0.2) is 0 Å². The molecule has 0 saturated heterocycles. The van der Waals surface area contributed by atoms with Gasteiger partial charge in [0.2, 0.25) is 0 Å². The van der Waals surface area contributed by atoms with Crippen molar-refractivity contribution in [3.8, 4) is 6.07 Å². The number of nitriles is 1. The minimum atomic E-state index is -1.10. The smallest absolute Gasteiger partial charge is 0.183 e. The fourth-order valence-electron chi connectivity index (χ4n) is 2.78. The first-order chi connectivity index (χ1) is 10.2. The number of nitrogens with zero attached hydrogens (tertiary/aromatic N) is 1. The van der Waals surface area contributed by atoms with Gasteiger partial charge >= 0.3 is 0 Å². The fraction of sp³-hybridized carbons (Fsp3) is 0.235. The van der Waals surface area contributed by atoms with Crippen LogP contribution in [0.25, 0.3) is 0 Å². The molecule has 0 aromatic heterocycles. The highest BCUT2D eigenvalue weighted by atomic mass is 19.2. The van der Waals surface area contributed by atoms with Crippen molar-refractivity contribution in [1.29, 1.82) is 5.26 Å². The van der Waals surface area contributed by atoms with Gasteiger partial charge < -0.3 is 5.32 Å². The van der Waals surface area contributed by atoms with Gasteiger partial charge in [-0.2, -0.15) is 5.26 Å². The Morgan fingerprint density at radius 2 is 1.76 bits per heavy atom. The standard InChI is InChI=1S/C17H14F2N2/c18-16-12(10-20)8-9-15(17(16)19)21-14-7-3-5-11-4-1-2-6-13(11)14/h3,5,7-9,21H,1-2,4,6H2. The molecule has 0 atom stereocenters. The van der Waals surface area contributed by atoms with Crippen LogP contribution in [-0.2, 0) is 12.8 Å². The van der Waals surface area contributed by atoms with Crippen molar-refractivity contribution in [2.45, 2.75) is 25.7 Å². The lowest BCUT2D eigenvalue weighted by Gasteiger charge is -2.20. The molecular formula is C17H14F2N2. The van der Waals surface area contributed by atoms with Crippen molar-refractivity contribution in [3.63, 3.8) is 0 Å². The third-order valence-corrected chi connectivity index (χ3v) is 3.87. The predicted octanol–water partition coefficient (Wildman–Crippen LogP) is 4.46. The van der Waals surface area contributed by atoms with Crippen molar-refractivity contribution in [3.05, 3.63) is 58.7 Å². The summed E-state index contributed by atoms with van der Waals surface area (Å²) in [5, 5.41) is 11.7. The summed E-state index contributed by atoms with van der Waals surface area (Å²) in [5.74, 6) is -2.12. The van der Waals surface area contributed by atoms with E-state index in [9.17, 15) is 8.78 Å². The second kappa shape index (κ2) is 5.53. The van der Waals surface area contributed by atoms with E-state index in [1.165, 1.54) is 23.3 Å². The van der Waals surface area contributed by atoms with E-state index in [1.54, 1.807) is 6.07 Å². The number of aryl methyl sites for hydroxylation is 1. The highest BCUT2D eigenvalue weighted by Gasteiger charge is 2.16. The lowest BCUT2D eigenvalue weighted by Crippen LogP contribution is -2.07. The van der Waals surface area contributed by atoms with E-state index in [-0.39, 0.29) is 11.3 Å². The van der Waals surface area contributed by atoms with Gasteiger partial charge in [0.15, 0.2) is 11.6 Å². The summed E-state index contributed by atoms with van der Waals surface area (Å²) in [6, 6.07) is 10.2. The largest absolute Gasteiger partial charge is 0.353 e. The second-order valence-corrected chi connectivity index (χ2v) is 5.18. The predicted molar refractivity (Wildman–Crippen MR) is 77.4 cm³/mol. The number of rotatable bonds is 2. The Balaban J connectivity index is 1.98. The summed E-state index contributed by atoms with van der Waals surface area (Å²) >= 11 is 0. The number of fused-ring (bicyclic) bond motifs is 1. The molecule has 0 bridgehead atoms. The van der Waals surface area contributed by atoms with E-state index in [0.29, 0.717) is 0 Å². The van der Waals surface area contributed by atoms with Gasteiger partial charge in [0.25, 0.3) is 0 Å². The van der Waals surface area contributed by atoms with E-state index in [0.717, 1.165) is 31.4 Å². The number of hydrogen-bond donors (Lipinski definition) is 1. The molecule has 0 spiro atoms. The Labute approximate surface area is 122 Å². The molecule has 0 fully saturated rings. The van der Waals surface area contributed by atoms with Crippen LogP contribution in [0.1, 0.15) is 29.5 Å². The molecule has 1 aliphatic rings. The number of nitrogens with one attached hydrogen (secondary N) is 1. The summed E-state index contributed by atoms with van der Waals surface area (Å²) in [4.78, 5) is 0. The van der Waals surface area contributed by atoms with Crippen LogP contribution in [0.2, 0.25) is 0 Å². The van der Waals surface area contributed by atoms with E-state index < -0.39 is 11.6 Å². The molecule has 1 aliphatic carbocycles. The lowest BCUT2D eigenvalue weighted by atomic mass is 9.90. The summed E-state index contributed by atoms with van der Waals surface area (Å²) in [6.45, 7) is 0. The molecule has 0 saturated carbocycles. The highest BCUT2D eigenvalue weighted by Crippen LogP contribution is 2.31. The molecule has 2 nitrogen and oxygen atoms in total. The van der Waals surface area contributed by atoms with Crippen LogP contribution in [0, 0.1) is 23.0 Å². The number of benzene rings is 2. The van der Waals surface area contributed by atoms with Gasteiger partial charge in [0.1, 0.15) is 6.07 Å². The normalized spacial score (nSPS) is 13.4. The zero-order valence-corrected chi connectivity index (χ0v) is 11.4. The molecule has 1 N–H and O–H groups in total. The first-order valence-corrected chi connectivity index (χ1v) is 6.96. The first-order valence-electron chi connectivity index (χ1n) is 6.96. The Morgan fingerprint density at radius 3 is 2.57 bits per heavy atom. The van der Waals surface area contributed by atoms with Crippen molar-refractivity contribution >= 4 is 11.4 Å². The summed E-state index contributed by atoms with van der Waals surface area (Å²) in [7, 11) is 0. The third kappa shape index (κ3) is 2.47. The summed E-state index contributed by atoms with van der Waals surface area (Å²) < 4.78 is 27.6. The molecule has 0 heterocycles. The zero-order chi connectivity index (χ0) is 14.8. The maximum atomic E-state index is 14.0. The number of anilines is 2. The molecule has 3 rings (SSSR count). The van der Waals surface area contributed by atoms with Crippen LogP contribution in [0.3, 0.4) is 0 Å². The van der Waals surface area contributed by atoms with Gasteiger partial charge in [-0.3, -0.25) is 0 Å². The van der Waals surface area contributed by atoms with E-state index in [4.69, 9.17) is 5.26 Å². The van der Waals surface area contributed by atoms with E-state index in [2.05, 4.69) is 11.4 Å². The van der Waals surface area contributed by atoms with Crippen molar-refractivity contribution in [2.75, 3.05) is 5.32 Å². The van der Waals surface area contributed by atoms with Gasteiger partial charge in [-0.1, -0.05) is 12.1 Å². The van der Waals surface area contributed by atoms with E-state index in [1.807, 2.05) is 12.1 Å². The topological polar surface area (TPSA) is 35.8 Å². The molecule has 4 heteroatoms. The third-order valence-electron chi connectivity index (χ3n) is 3.87. The maximum Gasteiger partial charge on any atom is 0.183 e. The SMILES string of the molecule is N#Cc1ccc(Nc2cccc3c2CCCC3)c(F)c1F. The Bertz CT molecular complexity index is 732. The molecule has 21 heavy (non-hydrogen) atoms. The van der Waals surface area contributed by atoms with Gasteiger partial charge in [-0.15, -0.1) is 0 Å². The van der Waals surface area contributed by atoms with Crippen LogP contribution >= 0.6 is 0 Å². The molecule has 106 valence electrons. The van der Waals surface area contributed by atoms with Crippen molar-refractivity contribution in [1.82, 2.24) is 0 Å². The minimum absolute atomic E-state index is 0.0606. The van der Waals surface area contributed by atoms with Gasteiger partial charge in [0.05, 0.1) is 11.3 Å². The van der Waals surface area contributed by atoms with Gasteiger partial charge in [0, 0.05) is 5.69 Å². The quantitative estimate of drug-likeness (QED) is 0.883. The minimum Gasteiger partial charge on any atom is -0.353 e. The molecule has 0 aliphatic heterocycles. The average Bonchev–Trinajstić information content (AvgIpc) is 2.52. The molecule has 0 unspecified atom stereocenters. The highest BCUT2D eigenvalue weighted by molar-refractivity contribution is 5.66. The number of hydrogen-bond acceptors (Lipinski definition) is 2. The Morgan fingerprint density at radius 1 is 0.952 bits per heavy atom. The van der Waals surface area contributed by atoms with Gasteiger partial charge in [-0.05, 0) is 55.0 Å². The lowest BCUT2D eigenvalue weighted by molar-refractivity contribution is 0.509. The van der Waals surface area contributed by atoms with Crippen LogP contribution in [0.5, 0.6) is 0 Å². The molecule has 2 aromatic rings. The molecule has 0 amide bonds. The number of halogens is 2. The first kappa shape index (κ1) is 13.6. The fourth-order valence-corrected chi connectivity index (χ4v) is 2.78. The van der Waals surface area contributed by atoms with Crippen molar-refractivity contribution < 1.29 is 8.78 Å². The van der Waals surface area contributed by atoms with Crippen molar-refractivity contribution in [2.24, 2.45) is 0 Å². The molecule has 2 aromatic carbocycles. The van der Waals surface area contributed by atoms with E-state index >= 15 is 0 Å². The van der Waals surface area contributed by atoms with Crippen LogP contribution in [0.4, 0.5) is 20.2 Å². The Kier molecular flexibility index (Phi) is 3.57. The van der Waals surface area contributed by atoms with Gasteiger partial charge in [-0.25, -0.2) is 8.78 Å². The second-order valence-electron chi connectivity index (χ2n) is 5.18. The maximum absolute atomic E-state index is 14.0. The monoisotopic (exact) mass is 284 g/mol. The Hall–Kier alpha value is -2.41. The molecule has 0 radical (unpaired) electrons. The summed E-state index contributed by atoms with van der Waals surface area (Å²) in [6.07, 6.45) is 4.24. The van der Waals surface area contributed by atoms with Crippen LogP contribution in [0.15, 0.2) is 30.3 Å². The average molecular weight is 284 g/mol. The zero-order valence-electron chi connectivity index (χ0n) is 11.4. The molecular weight excluding hydrogens is 270 g/mol.